The van der Waals surface area contributed by atoms with Crippen LogP contribution < -0.4 is 10.6 Å². The van der Waals surface area contributed by atoms with Crippen LogP contribution in [-0.4, -0.2) is 53.0 Å². The quantitative estimate of drug-likeness (QED) is 0.457. The summed E-state index contributed by atoms with van der Waals surface area (Å²) in [6.07, 6.45) is 8.12. The van der Waals surface area contributed by atoms with Gasteiger partial charge in [-0.1, -0.05) is 88.2 Å². The Balaban J connectivity index is 1.28. The monoisotopic (exact) mass is 555 g/mol. The lowest BCUT2D eigenvalue weighted by Crippen LogP contribution is -2.57. The molecule has 216 valence electrons. The number of hydrogen-bond donors (Lipinski definition) is 2. The molecule has 2 aromatic rings. The molecule has 1 spiro atoms. The smallest absolute Gasteiger partial charge is 0.246 e. The first-order valence-electron chi connectivity index (χ1n) is 15.2. The molecule has 2 saturated heterocycles. The number of likely N-dealkylation sites (tertiary alicyclic amines) is 1. The Hall–Kier alpha value is -3.45. The molecule has 7 atom stereocenters. The lowest BCUT2D eigenvalue weighted by atomic mass is 9.74. The molecule has 1 saturated carbocycles. The molecule has 3 aliphatic heterocycles. The van der Waals surface area contributed by atoms with E-state index in [0.29, 0.717) is 30.5 Å². The van der Waals surface area contributed by atoms with Gasteiger partial charge >= 0.3 is 0 Å². The van der Waals surface area contributed by atoms with Crippen molar-refractivity contribution in [2.75, 3.05) is 11.9 Å². The van der Waals surface area contributed by atoms with Crippen LogP contribution in [0.4, 0.5) is 5.69 Å². The van der Waals surface area contributed by atoms with E-state index in [0.717, 1.165) is 24.8 Å². The van der Waals surface area contributed by atoms with E-state index in [1.54, 1.807) is 4.90 Å². The Labute approximate surface area is 242 Å². The average molecular weight is 556 g/mol. The summed E-state index contributed by atoms with van der Waals surface area (Å²) >= 11 is 0. The van der Waals surface area contributed by atoms with Gasteiger partial charge in [0.15, 0.2) is 0 Å². The van der Waals surface area contributed by atoms with E-state index in [1.165, 1.54) is 12.0 Å². The normalized spacial score (nSPS) is 31.9. The van der Waals surface area contributed by atoms with Gasteiger partial charge < -0.3 is 20.3 Å². The number of rotatable bonds is 8. The van der Waals surface area contributed by atoms with E-state index in [9.17, 15) is 14.4 Å². The van der Waals surface area contributed by atoms with Crippen molar-refractivity contribution >= 4 is 23.4 Å². The van der Waals surface area contributed by atoms with Gasteiger partial charge in [0.2, 0.25) is 17.7 Å². The summed E-state index contributed by atoms with van der Waals surface area (Å²) in [6, 6.07) is 17.1. The number of hydrogen-bond acceptors (Lipinski definition) is 4. The van der Waals surface area contributed by atoms with Crippen LogP contribution in [0.25, 0.3) is 0 Å². The third-order valence-electron chi connectivity index (χ3n) is 9.69. The van der Waals surface area contributed by atoms with Gasteiger partial charge in [-0.2, -0.15) is 0 Å². The summed E-state index contributed by atoms with van der Waals surface area (Å²) < 4.78 is 6.51. The molecule has 7 heteroatoms. The molecule has 2 bridgehead atoms. The third-order valence-corrected chi connectivity index (χ3v) is 9.69. The first-order chi connectivity index (χ1) is 19.8. The highest BCUT2D eigenvalue weighted by atomic mass is 16.5. The molecular weight excluding hydrogens is 514 g/mol. The largest absolute Gasteiger partial charge is 0.359 e. The zero-order valence-electron chi connectivity index (χ0n) is 24.2. The van der Waals surface area contributed by atoms with Crippen molar-refractivity contribution in [3.05, 3.63) is 77.9 Å². The molecule has 0 unspecified atom stereocenters. The predicted molar refractivity (Wildman–Crippen MR) is 158 cm³/mol. The zero-order valence-corrected chi connectivity index (χ0v) is 24.2. The van der Waals surface area contributed by atoms with Crippen LogP contribution in [0.2, 0.25) is 0 Å². The minimum Gasteiger partial charge on any atom is -0.359 e. The van der Waals surface area contributed by atoms with Crippen LogP contribution in [0.3, 0.4) is 0 Å². The zero-order chi connectivity index (χ0) is 28.7. The van der Waals surface area contributed by atoms with Crippen LogP contribution in [-0.2, 0) is 25.5 Å². The molecule has 1 aliphatic carbocycles. The first-order valence-corrected chi connectivity index (χ1v) is 15.2. The molecule has 0 radical (unpaired) electrons. The van der Waals surface area contributed by atoms with Gasteiger partial charge in [0.05, 0.1) is 17.9 Å². The summed E-state index contributed by atoms with van der Waals surface area (Å²) in [5, 5.41) is 6.33. The lowest BCUT2D eigenvalue weighted by molar-refractivity contribution is -0.141. The van der Waals surface area contributed by atoms with E-state index in [4.69, 9.17) is 4.74 Å². The Morgan fingerprint density at radius 2 is 1.76 bits per heavy atom. The van der Waals surface area contributed by atoms with Crippen molar-refractivity contribution in [3.63, 3.8) is 0 Å². The summed E-state index contributed by atoms with van der Waals surface area (Å²) in [6.45, 7) is 6.82. The second-order valence-electron chi connectivity index (χ2n) is 12.6. The van der Waals surface area contributed by atoms with Crippen LogP contribution in [0.1, 0.15) is 63.5 Å². The Bertz CT molecular complexity index is 1320. The Morgan fingerprint density at radius 1 is 1.02 bits per heavy atom. The minimum atomic E-state index is -1.15. The maximum absolute atomic E-state index is 14.2. The topological polar surface area (TPSA) is 87.7 Å². The summed E-state index contributed by atoms with van der Waals surface area (Å²) in [7, 11) is 0. The van der Waals surface area contributed by atoms with Gasteiger partial charge in [-0.3, -0.25) is 14.4 Å². The summed E-state index contributed by atoms with van der Waals surface area (Å²) in [5.41, 5.74) is 1.82. The number of anilines is 1. The lowest BCUT2D eigenvalue weighted by Gasteiger charge is -2.36. The fourth-order valence-electron chi connectivity index (χ4n) is 7.37. The second kappa shape index (κ2) is 11.1. The molecule has 2 N–H and O–H groups in total. The number of carbonyl (C=O) groups excluding carboxylic acids is 3. The molecule has 2 aromatic carbocycles. The summed E-state index contributed by atoms with van der Waals surface area (Å²) in [4.78, 5) is 43.7. The van der Waals surface area contributed by atoms with Crippen molar-refractivity contribution < 1.29 is 19.1 Å². The van der Waals surface area contributed by atoms with Crippen molar-refractivity contribution in [1.29, 1.82) is 0 Å². The Morgan fingerprint density at radius 3 is 2.46 bits per heavy atom. The van der Waals surface area contributed by atoms with Gasteiger partial charge in [-0.05, 0) is 54.4 Å². The third kappa shape index (κ3) is 4.99. The number of fused-ring (bicyclic) bond motifs is 1. The Kier molecular flexibility index (Phi) is 7.49. The van der Waals surface area contributed by atoms with E-state index < -0.39 is 29.6 Å². The van der Waals surface area contributed by atoms with Crippen molar-refractivity contribution in [3.8, 4) is 0 Å². The van der Waals surface area contributed by atoms with Crippen molar-refractivity contribution in [2.45, 2.75) is 82.6 Å². The van der Waals surface area contributed by atoms with Crippen LogP contribution in [0.15, 0.2) is 66.7 Å². The minimum absolute atomic E-state index is 0.0771. The summed E-state index contributed by atoms with van der Waals surface area (Å²) in [5.74, 6) is -1.29. The van der Waals surface area contributed by atoms with Crippen molar-refractivity contribution in [2.24, 2.45) is 17.8 Å². The SMILES string of the molecule is CC(C)c1ccc(NC(=O)[C@H]2[C@H]3C=C[C@@]4(O3)[C@H]2C(=O)N(CCc2ccccc2)[C@@H]4C(=O)N[C@H]2CCCC[C@H]2C)cc1. The van der Waals surface area contributed by atoms with E-state index in [1.807, 2.05) is 66.7 Å². The van der Waals surface area contributed by atoms with Gasteiger partial charge in [-0.15, -0.1) is 0 Å². The number of carbonyl (C=O) groups is 3. The van der Waals surface area contributed by atoms with Gasteiger partial charge in [-0.25, -0.2) is 0 Å². The van der Waals surface area contributed by atoms with Crippen LogP contribution >= 0.6 is 0 Å². The van der Waals surface area contributed by atoms with Crippen molar-refractivity contribution in [1.82, 2.24) is 10.2 Å². The highest BCUT2D eigenvalue weighted by Crippen LogP contribution is 2.55. The highest BCUT2D eigenvalue weighted by Gasteiger charge is 2.72. The molecule has 3 heterocycles. The standard InChI is InChI=1S/C34H41N3O4/c1-21(2)24-13-15-25(16-14-24)35-31(38)28-27-17-19-34(41-27)29(28)33(40)37(20-18-23-10-5-4-6-11-23)30(34)32(39)36-26-12-8-7-9-22(26)3/h4-6,10-11,13-17,19,21-22,26-30H,7-9,12,18,20H2,1-3H3,(H,35,38)(H,36,39)/t22-,26+,27-,28+,29-,30-,34-/m1/s1. The molecule has 0 aromatic heterocycles. The number of amides is 3. The molecule has 3 amide bonds. The first kappa shape index (κ1) is 27.7. The predicted octanol–water partition coefficient (Wildman–Crippen LogP) is 4.84. The second-order valence-corrected chi connectivity index (χ2v) is 12.6. The number of ether oxygens (including phenoxy) is 1. The average Bonchev–Trinajstić information content (AvgIpc) is 3.61. The molecule has 3 fully saturated rings. The number of nitrogens with one attached hydrogen (secondary N) is 2. The van der Waals surface area contributed by atoms with E-state index in [-0.39, 0.29) is 23.8 Å². The molecule has 41 heavy (non-hydrogen) atoms. The van der Waals surface area contributed by atoms with Gasteiger partial charge in [0.25, 0.3) is 0 Å². The molecule has 7 nitrogen and oxygen atoms in total. The maximum atomic E-state index is 14.2. The maximum Gasteiger partial charge on any atom is 0.246 e. The van der Waals surface area contributed by atoms with Gasteiger partial charge in [0.1, 0.15) is 11.6 Å². The van der Waals surface area contributed by atoms with E-state index in [2.05, 4.69) is 31.4 Å². The van der Waals surface area contributed by atoms with E-state index >= 15 is 0 Å². The fraction of sp³-hybridized carbons (Fsp3) is 0.500. The van der Waals surface area contributed by atoms with Crippen LogP contribution in [0.5, 0.6) is 0 Å². The van der Waals surface area contributed by atoms with Gasteiger partial charge in [0, 0.05) is 18.3 Å². The fourth-order valence-corrected chi connectivity index (χ4v) is 7.37. The van der Waals surface area contributed by atoms with Crippen LogP contribution in [0, 0.1) is 17.8 Å². The molecule has 6 rings (SSSR count). The number of benzene rings is 2. The molecule has 4 aliphatic rings. The number of nitrogens with zero attached hydrogens (tertiary/aromatic N) is 1. The molecular formula is C34H41N3O4. The highest BCUT2D eigenvalue weighted by molar-refractivity contribution is 6.02.